The van der Waals surface area contributed by atoms with Crippen molar-refractivity contribution >= 4 is 23.9 Å². The summed E-state index contributed by atoms with van der Waals surface area (Å²) in [5.41, 5.74) is 0. The monoisotopic (exact) mass is 897 g/mol. The smallest absolute Gasteiger partial charge is 0.550 e. The van der Waals surface area contributed by atoms with E-state index < -0.39 is 23.9 Å². The summed E-state index contributed by atoms with van der Waals surface area (Å²) in [5, 5.41) is 41.1. The molecule has 0 saturated carbocycles. The Morgan fingerprint density at radius 2 is 0.574 bits per heavy atom. The van der Waals surface area contributed by atoms with Gasteiger partial charge in [0, 0.05) is 23.9 Å². The topological polar surface area (TPSA) is 161 Å². The molecule has 0 aromatic carbocycles. The van der Waals surface area contributed by atoms with Crippen molar-refractivity contribution in [3.8, 4) is 0 Å². The number of aliphatic carboxylic acids is 4. The van der Waals surface area contributed by atoms with Gasteiger partial charge in [-0.15, -0.1) is 0 Å². The predicted octanol–water partition coefficient (Wildman–Crippen LogP) is 11.5. The molecule has 0 radical (unpaired) electrons. The van der Waals surface area contributed by atoms with Crippen LogP contribution in [0.4, 0.5) is 0 Å². The Kier molecular flexibility index (Phi) is 67.2. The Morgan fingerprint density at radius 1 is 0.344 bits per heavy atom. The first-order valence-corrected chi connectivity index (χ1v) is 25.1. The maximum absolute atomic E-state index is 10.3. The van der Waals surface area contributed by atoms with Gasteiger partial charge in [0.1, 0.15) is 0 Å². The van der Waals surface area contributed by atoms with Crippen LogP contribution in [-0.2, 0) is 40.9 Å². The van der Waals surface area contributed by atoms with Crippen molar-refractivity contribution in [2.75, 3.05) is 0 Å². The number of hydrogen-bond donors (Lipinski definition) is 0. The fourth-order valence-corrected chi connectivity index (χ4v) is 6.56. The Morgan fingerprint density at radius 3 is 0.787 bits per heavy atom. The third kappa shape index (κ3) is 67.3. The van der Waals surface area contributed by atoms with Gasteiger partial charge in [0.25, 0.3) is 0 Å². The van der Waals surface area contributed by atoms with Gasteiger partial charge in [0.15, 0.2) is 0 Å². The molecule has 0 aliphatic carbocycles. The molecule has 9 heteroatoms. The van der Waals surface area contributed by atoms with E-state index in [0.29, 0.717) is 12.8 Å². The first-order valence-electron chi connectivity index (χ1n) is 25.1. The zero-order chi connectivity index (χ0) is 45.7. The Labute approximate surface area is 392 Å². The standard InChI is InChI=1S/2C18H34O2.2C8H16O2.Ti/c2*1-2-3-4-5-6-7-8-9-10-11-12-13-14-15-16-17-18(19)20;2*1-3-5-6-7(4-2)8(9)10;/h2*9-10H,2-8,11-17H2,1H3,(H,19,20);2*7H,3-6H2,1-2H3,(H,9,10);/q;;;;+4/p-4/b2*10-9-;;;. The minimum Gasteiger partial charge on any atom is -0.550 e. The molecule has 2 unspecified atom stereocenters. The van der Waals surface area contributed by atoms with Gasteiger partial charge in [-0.3, -0.25) is 0 Å². The van der Waals surface area contributed by atoms with E-state index in [9.17, 15) is 39.6 Å². The molecule has 0 aliphatic rings. The number of carboxylic acids is 4. The van der Waals surface area contributed by atoms with Crippen molar-refractivity contribution in [1.29, 1.82) is 0 Å². The number of carboxylic acid groups (broad SMARTS) is 4. The van der Waals surface area contributed by atoms with E-state index in [-0.39, 0.29) is 46.4 Å². The van der Waals surface area contributed by atoms with E-state index in [1.165, 1.54) is 128 Å². The Bertz CT molecular complexity index is 891. The Balaban J connectivity index is -0.000000239. The fourth-order valence-electron chi connectivity index (χ4n) is 6.56. The molecule has 0 bridgehead atoms. The van der Waals surface area contributed by atoms with Gasteiger partial charge >= 0.3 is 21.7 Å². The van der Waals surface area contributed by atoms with Crippen molar-refractivity contribution < 1.29 is 61.3 Å². The average Bonchev–Trinajstić information content (AvgIpc) is 3.21. The normalized spacial score (nSPS) is 11.6. The molecule has 0 saturated heterocycles. The first-order chi connectivity index (χ1) is 29.0. The van der Waals surface area contributed by atoms with Crippen LogP contribution in [-0.4, -0.2) is 23.9 Å². The molecule has 0 aromatic rings. The predicted molar refractivity (Wildman–Crippen MR) is 246 cm³/mol. The van der Waals surface area contributed by atoms with Crippen LogP contribution in [0.1, 0.15) is 273 Å². The van der Waals surface area contributed by atoms with Crippen LogP contribution >= 0.6 is 0 Å². The van der Waals surface area contributed by atoms with Crippen LogP contribution in [0.25, 0.3) is 0 Å². The van der Waals surface area contributed by atoms with Crippen molar-refractivity contribution in [2.24, 2.45) is 11.8 Å². The van der Waals surface area contributed by atoms with Crippen LogP contribution in [0.5, 0.6) is 0 Å². The maximum atomic E-state index is 10.3. The molecule has 0 rings (SSSR count). The van der Waals surface area contributed by atoms with Gasteiger partial charge in [0.2, 0.25) is 0 Å². The molecule has 2 atom stereocenters. The second kappa shape index (κ2) is 60.2. The molecule has 0 aliphatic heterocycles. The van der Waals surface area contributed by atoms with Crippen molar-refractivity contribution in [3.63, 3.8) is 0 Å². The van der Waals surface area contributed by atoms with Crippen LogP contribution in [0.3, 0.4) is 0 Å². The van der Waals surface area contributed by atoms with Crippen LogP contribution < -0.4 is 20.4 Å². The summed E-state index contributed by atoms with van der Waals surface area (Å²) in [7, 11) is 0. The second-order valence-corrected chi connectivity index (χ2v) is 16.5. The molecule has 0 amide bonds. The molecule has 0 aromatic heterocycles. The van der Waals surface area contributed by atoms with Crippen LogP contribution in [0.2, 0.25) is 0 Å². The maximum Gasteiger partial charge on any atom is 4.00 e. The average molecular weight is 897 g/mol. The second-order valence-electron chi connectivity index (χ2n) is 16.5. The van der Waals surface area contributed by atoms with Crippen LogP contribution in [0.15, 0.2) is 24.3 Å². The molecule has 0 heterocycles. The summed E-state index contributed by atoms with van der Waals surface area (Å²) >= 11 is 0. The summed E-state index contributed by atoms with van der Waals surface area (Å²) < 4.78 is 0. The number of rotatable bonds is 40. The number of carbonyl (C=O) groups is 4. The number of hydrogen-bond acceptors (Lipinski definition) is 8. The number of unbranched alkanes of at least 4 members (excludes halogenated alkanes) is 24. The molecule has 0 spiro atoms. The zero-order valence-electron chi connectivity index (χ0n) is 40.7. The van der Waals surface area contributed by atoms with E-state index in [1.54, 1.807) is 0 Å². The van der Waals surface area contributed by atoms with Crippen molar-refractivity contribution in [3.05, 3.63) is 24.3 Å². The molecular formula is C52H96O8Ti. The zero-order valence-corrected chi connectivity index (χ0v) is 42.2. The molecule has 61 heavy (non-hydrogen) atoms. The number of carbonyl (C=O) groups excluding carboxylic acids is 4. The third-order valence-corrected chi connectivity index (χ3v) is 10.7. The van der Waals surface area contributed by atoms with Gasteiger partial charge in [0.05, 0.1) is 0 Å². The largest absolute Gasteiger partial charge is 4.00 e. The molecule has 356 valence electrons. The van der Waals surface area contributed by atoms with E-state index >= 15 is 0 Å². The van der Waals surface area contributed by atoms with Crippen molar-refractivity contribution in [1.82, 2.24) is 0 Å². The summed E-state index contributed by atoms with van der Waals surface area (Å²) in [6, 6.07) is 0. The minimum absolute atomic E-state index is 0. The first kappa shape index (κ1) is 68.1. The van der Waals surface area contributed by atoms with Gasteiger partial charge in [-0.05, 0) is 115 Å². The summed E-state index contributed by atoms with van der Waals surface area (Å²) in [4.78, 5) is 41.1. The summed E-state index contributed by atoms with van der Waals surface area (Å²) in [6.45, 7) is 12.4. The van der Waals surface area contributed by atoms with Gasteiger partial charge in [-0.1, -0.05) is 194 Å². The summed E-state index contributed by atoms with van der Waals surface area (Å²) in [5.74, 6) is -4.06. The van der Waals surface area contributed by atoms with Gasteiger partial charge in [-0.25, -0.2) is 0 Å². The molecule has 8 nitrogen and oxygen atoms in total. The van der Waals surface area contributed by atoms with E-state index in [1.807, 2.05) is 13.8 Å². The third-order valence-electron chi connectivity index (χ3n) is 10.7. The molecule has 0 fully saturated rings. The minimum atomic E-state index is -0.914. The quantitative estimate of drug-likeness (QED) is 0.0334. The SMILES string of the molecule is CCCCC(CC)C(=O)[O-].CCCCC(CC)C(=O)[O-].CCCCCCCC/C=C\CCCCCCCC(=O)[O-].CCCCCCCC/C=C\CCCCCCCC(=O)[O-].[Ti+4]. The summed E-state index contributed by atoms with van der Waals surface area (Å²) in [6.07, 6.45) is 48.8. The number of allylic oxidation sites excluding steroid dienone is 4. The van der Waals surface area contributed by atoms with Crippen molar-refractivity contribution in [2.45, 2.75) is 273 Å². The Hall–Kier alpha value is -1.93. The fraction of sp³-hybridized carbons (Fsp3) is 0.846. The van der Waals surface area contributed by atoms with Crippen LogP contribution in [0, 0.1) is 11.8 Å². The molecular weight excluding hydrogens is 800 g/mol. The van der Waals surface area contributed by atoms with E-state index in [4.69, 9.17) is 0 Å². The molecule has 0 N–H and O–H groups in total. The van der Waals surface area contributed by atoms with E-state index in [2.05, 4.69) is 52.0 Å². The van der Waals surface area contributed by atoms with Gasteiger partial charge in [-0.2, -0.15) is 0 Å². The van der Waals surface area contributed by atoms with Gasteiger partial charge < -0.3 is 39.6 Å². The van der Waals surface area contributed by atoms with E-state index in [0.717, 1.165) is 77.0 Å².